The fourth-order valence-electron chi connectivity index (χ4n) is 7.49. The lowest BCUT2D eigenvalue weighted by molar-refractivity contribution is 0.290. The number of H-pyrrole nitrogens is 4. The van der Waals surface area contributed by atoms with Gasteiger partial charge in [0, 0.05) is 82.8 Å². The Morgan fingerprint density at radius 1 is 0.506 bits per heavy atom. The van der Waals surface area contributed by atoms with Gasteiger partial charge in [-0.3, -0.25) is 20.4 Å². The third kappa shape index (κ3) is 12.4. The minimum atomic E-state index is -0.419. The molecule has 0 spiro atoms. The van der Waals surface area contributed by atoms with Crippen LogP contribution in [0.2, 0.25) is 5.65 Å². The van der Waals surface area contributed by atoms with Gasteiger partial charge in [0.25, 0.3) is 0 Å². The normalized spacial score (nSPS) is 12.5. The Morgan fingerprint density at radius 3 is 1.24 bits per heavy atom. The number of hydrogen-bond donors (Lipinski definition) is 4. The molecule has 12 heterocycles. The van der Waals surface area contributed by atoms with Gasteiger partial charge in [-0.1, -0.05) is 6.92 Å². The molecular weight excluding hydrogens is 1210 g/mol. The summed E-state index contributed by atoms with van der Waals surface area (Å²) >= 11 is 2.07. The Morgan fingerprint density at radius 2 is 0.855 bits per heavy atom. The standard InChI is InChI=1S/C13H14N6O3.C12H14N6O3.C11H12N6O3.C10H9IN6O3/c1-18-13(20)19(17-16-18)12-10(7-21-11-4-5-14-15-11)9(6-22-12)8-2-3-8;1-3-8-6-21-11(18-12(19)17(2)15-16-18)9(8)7-20-10-4-5-13-14-10;1-7-5-20-10(17-11(18)16(2)14-15-17)8(7)6-19-9-3-4-12-13-9;1-16-10(18)17(15-14-16)9-6(7(11)5-20-9)4-19-8-2-3-12-13-8/h4-6,8H,2-3,7H2,1H3,(H,14,15);4-6H,3,7H2,1-2H3,(H,13,14);3-5H,6H2,1-2H3,(H,12,13);2-3,5H,4H2,1H3,(H,12,13)/i/hT4. The Bertz CT molecular complexity index is 4410. The van der Waals surface area contributed by atoms with Gasteiger partial charge >= 0.3 is 22.8 Å². The van der Waals surface area contributed by atoms with Crippen LogP contribution in [0.1, 0.15) is 64.6 Å². The first-order valence-corrected chi connectivity index (χ1v) is 25.6. The van der Waals surface area contributed by atoms with Gasteiger partial charge in [0.2, 0.25) is 47.1 Å². The Balaban J connectivity index is 0.000000129. The smallest absolute Gasteiger partial charge is 0.370 e. The first kappa shape index (κ1) is 50.6. The maximum atomic E-state index is 12.1. The number of nitrogens with one attached hydrogen (secondary N) is 4. The average Bonchev–Trinajstić information content (AvgIpc) is 1.84. The monoisotopic (exact) mass is 1260 g/mol. The van der Waals surface area contributed by atoms with Crippen molar-refractivity contribution >= 4 is 22.6 Å². The van der Waals surface area contributed by atoms with Gasteiger partial charge in [-0.2, -0.15) is 18.7 Å². The van der Waals surface area contributed by atoms with E-state index in [1.54, 1.807) is 36.8 Å². The van der Waals surface area contributed by atoms with Gasteiger partial charge in [0.15, 0.2) is 5.65 Å². The molecule has 1 aliphatic carbocycles. The fourth-order valence-corrected chi connectivity index (χ4v) is 8.00. The summed E-state index contributed by atoms with van der Waals surface area (Å²) in [5.41, 5.74) is 3.87. The largest absolute Gasteiger partial charge is 0.472 e. The zero-order valence-corrected chi connectivity index (χ0v) is 46.6. The molecule has 37 heteroatoms. The van der Waals surface area contributed by atoms with Crippen LogP contribution in [0.15, 0.2) is 111 Å². The average molecular weight is 1260 g/mol. The molecule has 13 rings (SSSR count). The number of ether oxygens (including phenoxy) is 4. The zero-order valence-electron chi connectivity index (χ0n) is 48.5. The van der Waals surface area contributed by atoms with E-state index in [1.165, 1.54) is 65.5 Å². The molecule has 12 aromatic rings. The molecule has 1 saturated carbocycles. The maximum Gasteiger partial charge on any atom is 0.370 e. The van der Waals surface area contributed by atoms with Crippen molar-refractivity contribution < 1.29 is 42.3 Å². The highest BCUT2D eigenvalue weighted by molar-refractivity contribution is 14.1. The second kappa shape index (κ2) is 24.8. The van der Waals surface area contributed by atoms with Crippen LogP contribution in [0, 0.1) is 10.5 Å². The van der Waals surface area contributed by atoms with E-state index in [2.05, 4.69) is 84.7 Å². The summed E-state index contributed by atoms with van der Waals surface area (Å²) in [6.45, 7) is 4.39. The van der Waals surface area contributed by atoms with E-state index in [0.29, 0.717) is 58.4 Å². The van der Waals surface area contributed by atoms with Crippen LogP contribution in [0.3, 0.4) is 0 Å². The molecule has 1 fully saturated rings. The molecule has 0 saturated heterocycles. The van der Waals surface area contributed by atoms with E-state index < -0.39 is 22.8 Å². The predicted octanol–water partition coefficient (Wildman–Crippen LogP) is 1.80. The van der Waals surface area contributed by atoms with E-state index >= 15 is 0 Å². The van der Waals surface area contributed by atoms with Gasteiger partial charge in [-0.15, -0.1) is 39.1 Å². The Hall–Kier alpha value is -10.6. The maximum absolute atomic E-state index is 12.1. The fraction of sp³-hybridized carbons (Fsp3) is 0.304. The number of hydrogen-bond acceptors (Lipinski definition) is 24. The van der Waals surface area contributed by atoms with E-state index in [4.69, 9.17) is 42.3 Å². The van der Waals surface area contributed by atoms with Crippen molar-refractivity contribution in [1.82, 2.24) is 120 Å². The zero-order chi connectivity index (χ0) is 61.6. The van der Waals surface area contributed by atoms with E-state index in [1.807, 2.05) is 13.8 Å². The van der Waals surface area contributed by atoms with Crippen LogP contribution in [-0.2, 0) is 61.0 Å². The summed E-state index contributed by atoms with van der Waals surface area (Å²) in [6, 6.07) is 6.30. The van der Waals surface area contributed by atoms with E-state index in [0.717, 1.165) is 96.5 Å². The second-order valence-electron chi connectivity index (χ2n) is 17.5. The summed E-state index contributed by atoms with van der Waals surface area (Å²) in [6.07, 6.45) is 14.9. The van der Waals surface area contributed by atoms with Crippen LogP contribution in [0.4, 0.5) is 0 Å². The summed E-state index contributed by atoms with van der Waals surface area (Å²) < 4.78 is 82.6. The number of halogens is 1. The molecule has 0 radical (unpaired) electrons. The van der Waals surface area contributed by atoms with Crippen LogP contribution < -0.4 is 41.7 Å². The van der Waals surface area contributed by atoms with Crippen LogP contribution >= 0.6 is 22.6 Å². The van der Waals surface area contributed by atoms with E-state index in [9.17, 15) is 19.2 Å². The SMILES string of the molecule is [3H]n1ccc(OCc2c(C)coc2-n2nnn(C)c2=O)n1.[3H]n1ccc(OCc2c(C3CC3)coc2-n2nnn(C)c2=O)n1.[3H]n1ccc(OCc2c(CC)coc2-n2nnn(C)c2=O)n1.[3H]n1ccc(OCc2c(I)coc2-n2nnn(C)c2=O)n1. The predicted molar refractivity (Wildman–Crippen MR) is 286 cm³/mol. The van der Waals surface area contributed by atoms with Gasteiger partial charge in [0.1, 0.15) is 32.7 Å². The minimum absolute atomic E-state index is 0.129. The molecule has 432 valence electrons. The molecule has 0 unspecified atom stereocenters. The number of aryl methyl sites for hydroxylation is 6. The van der Waals surface area contributed by atoms with E-state index in [-0.39, 0.29) is 44.1 Å². The topological polar surface area (TPSA) is 415 Å². The van der Waals surface area contributed by atoms with Gasteiger partial charge in [-0.05, 0) is 108 Å². The van der Waals surface area contributed by atoms with Crippen LogP contribution in [0.25, 0.3) is 23.5 Å². The summed E-state index contributed by atoms with van der Waals surface area (Å²) in [5, 5.41) is 48.6. The van der Waals surface area contributed by atoms with Crippen molar-refractivity contribution in [3.05, 3.63) is 159 Å². The molecule has 0 aromatic carbocycles. The molecule has 0 bridgehead atoms. The van der Waals surface area contributed by atoms with Crippen LogP contribution in [0.5, 0.6) is 23.5 Å². The van der Waals surface area contributed by atoms with Gasteiger partial charge in [0.05, 0.1) is 44.6 Å². The van der Waals surface area contributed by atoms with Crippen molar-refractivity contribution in [1.29, 1.82) is 0 Å². The number of tetrazole rings is 4. The van der Waals surface area contributed by atoms with Crippen molar-refractivity contribution in [3.8, 4) is 47.1 Å². The number of nitrogens with zero attached hydrogens (tertiary/aromatic N) is 20. The molecule has 4 N–H and O–H groups in total. The minimum Gasteiger partial charge on any atom is -0.472 e. The van der Waals surface area contributed by atoms with Crippen molar-refractivity contribution in [2.24, 2.45) is 28.2 Å². The highest BCUT2D eigenvalue weighted by Gasteiger charge is 2.32. The molecule has 0 atom stereocenters. The molecule has 12 aromatic heterocycles. The molecule has 1 aliphatic rings. The molecule has 0 amide bonds. The Labute approximate surface area is 482 Å². The third-order valence-corrected chi connectivity index (χ3v) is 12.9. The Kier molecular flexibility index (Phi) is 15.1. The van der Waals surface area contributed by atoms with Crippen molar-refractivity contribution in [2.45, 2.75) is 65.5 Å². The third-order valence-electron chi connectivity index (χ3n) is 12.0. The quantitative estimate of drug-likeness (QED) is 0.0890. The first-order chi connectivity index (χ1) is 41.8. The number of aromatic amines is 4. The number of rotatable bonds is 18. The summed E-state index contributed by atoms with van der Waals surface area (Å²) in [5.74, 6) is 2.79. The molecule has 83 heavy (non-hydrogen) atoms. The molecule has 0 aliphatic heterocycles. The second-order valence-corrected chi connectivity index (χ2v) is 18.7. The lowest BCUT2D eigenvalue weighted by Crippen LogP contribution is -2.22. The highest BCUT2D eigenvalue weighted by Crippen LogP contribution is 2.44. The number of aromatic nitrogens is 24. The summed E-state index contributed by atoms with van der Waals surface area (Å²) in [4.78, 5) is 47.7. The van der Waals surface area contributed by atoms with Crippen molar-refractivity contribution in [3.63, 3.8) is 0 Å². The lowest BCUT2D eigenvalue weighted by atomic mass is 10.1. The molecule has 36 nitrogen and oxygen atoms in total. The van der Waals surface area contributed by atoms with Gasteiger partial charge < -0.3 is 36.6 Å². The van der Waals surface area contributed by atoms with Crippen molar-refractivity contribution in [2.75, 3.05) is 0 Å². The number of furan rings is 4. The van der Waals surface area contributed by atoms with Gasteiger partial charge in [-0.25, -0.2) is 19.2 Å². The lowest BCUT2D eigenvalue weighted by Gasteiger charge is -2.05. The highest BCUT2D eigenvalue weighted by atomic mass is 127. The summed E-state index contributed by atoms with van der Waals surface area (Å²) in [7, 11) is 6.02. The first-order valence-electron chi connectivity index (χ1n) is 26.3. The van der Waals surface area contributed by atoms with Crippen LogP contribution in [-0.4, -0.2) is 120 Å². The molecular formula is C46H49IN24O12.